The molecule has 4 rings (SSSR count). The molecule has 0 spiro atoms. The molecular formula is C27H23Cl3N2O4S. The van der Waals surface area contributed by atoms with Crippen molar-refractivity contribution in [1.29, 1.82) is 0 Å². The summed E-state index contributed by atoms with van der Waals surface area (Å²) in [5, 5.41) is 1.19. The minimum absolute atomic E-state index is 0.00133. The highest BCUT2D eigenvalue weighted by molar-refractivity contribution is 7.89. The zero-order valence-electron chi connectivity index (χ0n) is 20.0. The number of aryl methyl sites for hydroxylation is 1. The Labute approximate surface area is 231 Å². The first-order valence-corrected chi connectivity index (χ1v) is 13.7. The van der Waals surface area contributed by atoms with Crippen molar-refractivity contribution in [2.45, 2.75) is 24.9 Å². The molecule has 4 aromatic rings. The van der Waals surface area contributed by atoms with Crippen LogP contribution in [0.25, 0.3) is 0 Å². The predicted octanol–water partition coefficient (Wildman–Crippen LogP) is 7.70. The van der Waals surface area contributed by atoms with Gasteiger partial charge in [-0.05, 0) is 67.1 Å². The number of sulfonamides is 1. The highest BCUT2D eigenvalue weighted by Gasteiger charge is 2.26. The van der Waals surface area contributed by atoms with Crippen molar-refractivity contribution in [1.82, 2.24) is 4.31 Å². The van der Waals surface area contributed by atoms with Crippen molar-refractivity contribution in [2.24, 2.45) is 4.99 Å². The van der Waals surface area contributed by atoms with E-state index in [1.165, 1.54) is 4.31 Å². The summed E-state index contributed by atoms with van der Waals surface area (Å²) in [7, 11) is -2.32. The van der Waals surface area contributed by atoms with Gasteiger partial charge in [-0.15, -0.1) is 0 Å². The van der Waals surface area contributed by atoms with Crippen LogP contribution in [0.3, 0.4) is 0 Å². The maximum Gasteiger partial charge on any atom is 0.243 e. The van der Waals surface area contributed by atoms with Crippen molar-refractivity contribution >= 4 is 56.7 Å². The quantitative estimate of drug-likeness (QED) is 0.191. The minimum atomic E-state index is -3.86. The van der Waals surface area contributed by atoms with Gasteiger partial charge in [-0.3, -0.25) is 4.99 Å². The molecule has 1 heterocycles. The fraction of sp³-hybridized carbons (Fsp3) is 0.148. The third kappa shape index (κ3) is 6.74. The van der Waals surface area contributed by atoms with Gasteiger partial charge in [0.2, 0.25) is 10.0 Å². The molecule has 0 aliphatic heterocycles. The van der Waals surface area contributed by atoms with Crippen molar-refractivity contribution < 1.29 is 17.6 Å². The molecule has 0 atom stereocenters. The van der Waals surface area contributed by atoms with Crippen LogP contribution in [-0.2, 0) is 23.1 Å². The summed E-state index contributed by atoms with van der Waals surface area (Å²) in [6.07, 6.45) is 1.54. The third-order valence-corrected chi connectivity index (χ3v) is 8.33. The number of hydrogen-bond donors (Lipinski definition) is 0. The first-order chi connectivity index (χ1) is 17.7. The van der Waals surface area contributed by atoms with Crippen molar-refractivity contribution in [3.05, 3.63) is 111 Å². The van der Waals surface area contributed by atoms with E-state index in [-0.39, 0.29) is 18.0 Å². The molecule has 37 heavy (non-hydrogen) atoms. The Morgan fingerprint density at radius 1 is 0.892 bits per heavy atom. The van der Waals surface area contributed by atoms with Crippen LogP contribution in [0.1, 0.15) is 22.6 Å². The first kappa shape index (κ1) is 27.2. The second kappa shape index (κ2) is 11.7. The lowest BCUT2D eigenvalue weighted by Gasteiger charge is -2.22. The minimum Gasteiger partial charge on any atom is -0.495 e. The summed E-state index contributed by atoms with van der Waals surface area (Å²) >= 11 is 18.4. The summed E-state index contributed by atoms with van der Waals surface area (Å²) in [6.45, 7) is 1.97. The average molecular weight is 578 g/mol. The van der Waals surface area contributed by atoms with Crippen LogP contribution in [0, 0.1) is 6.92 Å². The standard InChI is InChI=1S/C27H23Cl3N2O4S/c1-18-3-9-23(10-4-18)37(33,34)32(16-19-5-11-24(28)25(29)13-19)17-22-8-7-21(36-22)15-31-20-6-12-27(35-2)26(30)14-20/h3-15H,16-17H2,1-2H3. The second-order valence-electron chi connectivity index (χ2n) is 8.22. The maximum absolute atomic E-state index is 13.6. The molecular weight excluding hydrogens is 555 g/mol. The van der Waals surface area contributed by atoms with E-state index in [9.17, 15) is 8.42 Å². The van der Waals surface area contributed by atoms with Crippen molar-refractivity contribution in [3.63, 3.8) is 0 Å². The van der Waals surface area contributed by atoms with Crippen LogP contribution in [0.5, 0.6) is 5.75 Å². The molecule has 0 saturated heterocycles. The molecule has 0 aliphatic carbocycles. The van der Waals surface area contributed by atoms with Gasteiger partial charge in [-0.2, -0.15) is 4.31 Å². The SMILES string of the molecule is COc1ccc(N=Cc2ccc(CN(Cc3ccc(Cl)c(Cl)c3)S(=O)(=O)c3ccc(C)cc3)o2)cc1Cl. The van der Waals surface area contributed by atoms with Crippen LogP contribution in [0.2, 0.25) is 15.1 Å². The second-order valence-corrected chi connectivity index (χ2v) is 11.4. The van der Waals surface area contributed by atoms with Crippen molar-refractivity contribution in [3.8, 4) is 5.75 Å². The number of halogens is 3. The first-order valence-electron chi connectivity index (χ1n) is 11.1. The molecule has 0 aliphatic rings. The molecule has 192 valence electrons. The van der Waals surface area contributed by atoms with Gasteiger partial charge >= 0.3 is 0 Å². The third-order valence-electron chi connectivity index (χ3n) is 5.49. The van der Waals surface area contributed by atoms with Gasteiger partial charge in [0.1, 0.15) is 17.3 Å². The van der Waals surface area contributed by atoms with Gasteiger partial charge in [0.25, 0.3) is 0 Å². The van der Waals surface area contributed by atoms with E-state index in [2.05, 4.69) is 4.99 Å². The van der Waals surface area contributed by atoms with Crippen LogP contribution in [-0.4, -0.2) is 26.0 Å². The number of furan rings is 1. The molecule has 1 aromatic heterocycles. The van der Waals surface area contributed by atoms with Crippen LogP contribution in [0.4, 0.5) is 5.69 Å². The molecule has 6 nitrogen and oxygen atoms in total. The Kier molecular flexibility index (Phi) is 8.62. The van der Waals surface area contributed by atoms with E-state index < -0.39 is 10.0 Å². The van der Waals surface area contributed by atoms with Gasteiger partial charge in [0.15, 0.2) is 0 Å². The Bertz CT molecular complexity index is 1530. The van der Waals surface area contributed by atoms with Crippen LogP contribution >= 0.6 is 34.8 Å². The van der Waals surface area contributed by atoms with E-state index in [1.54, 1.807) is 86.1 Å². The Hall–Kier alpha value is -2.81. The van der Waals surface area contributed by atoms with E-state index in [0.717, 1.165) is 5.56 Å². The number of aliphatic imine (C=N–C) groups is 1. The van der Waals surface area contributed by atoms with Gasteiger partial charge in [-0.25, -0.2) is 8.42 Å². The molecule has 0 unspecified atom stereocenters. The van der Waals surface area contributed by atoms with Gasteiger partial charge in [-0.1, -0.05) is 58.6 Å². The summed E-state index contributed by atoms with van der Waals surface area (Å²) in [6, 6.07) is 20.3. The lowest BCUT2D eigenvalue weighted by atomic mass is 10.2. The topological polar surface area (TPSA) is 72.1 Å². The zero-order valence-corrected chi connectivity index (χ0v) is 23.1. The fourth-order valence-electron chi connectivity index (χ4n) is 3.52. The lowest BCUT2D eigenvalue weighted by molar-refractivity contribution is 0.357. The maximum atomic E-state index is 13.6. The number of rotatable bonds is 9. The number of benzene rings is 3. The van der Waals surface area contributed by atoms with E-state index in [0.29, 0.717) is 43.6 Å². The Morgan fingerprint density at radius 3 is 2.32 bits per heavy atom. The van der Waals surface area contributed by atoms with Gasteiger partial charge < -0.3 is 9.15 Å². The number of hydrogen-bond acceptors (Lipinski definition) is 5. The number of ether oxygens (including phenoxy) is 1. The van der Waals surface area contributed by atoms with Gasteiger partial charge in [0.05, 0.1) is 45.5 Å². The average Bonchev–Trinajstić information content (AvgIpc) is 3.32. The summed E-state index contributed by atoms with van der Waals surface area (Å²) in [5.41, 5.74) is 2.27. The lowest BCUT2D eigenvalue weighted by Crippen LogP contribution is -2.30. The summed E-state index contributed by atoms with van der Waals surface area (Å²) in [5.74, 6) is 1.46. The van der Waals surface area contributed by atoms with E-state index >= 15 is 0 Å². The zero-order chi connectivity index (χ0) is 26.6. The van der Waals surface area contributed by atoms with E-state index in [1.807, 2.05) is 6.92 Å². The monoisotopic (exact) mass is 576 g/mol. The molecule has 0 fully saturated rings. The highest BCUT2D eigenvalue weighted by atomic mass is 35.5. The molecule has 10 heteroatoms. The highest BCUT2D eigenvalue weighted by Crippen LogP contribution is 2.29. The van der Waals surface area contributed by atoms with E-state index in [4.69, 9.17) is 44.0 Å². The molecule has 3 aromatic carbocycles. The molecule has 0 N–H and O–H groups in total. The van der Waals surface area contributed by atoms with Gasteiger partial charge in [0, 0.05) is 6.54 Å². The normalized spacial score (nSPS) is 11.9. The summed E-state index contributed by atoms with van der Waals surface area (Å²) < 4.78 is 39.5. The van der Waals surface area contributed by atoms with Crippen LogP contribution in [0.15, 0.2) is 87.1 Å². The smallest absolute Gasteiger partial charge is 0.243 e. The largest absolute Gasteiger partial charge is 0.495 e. The van der Waals surface area contributed by atoms with Crippen LogP contribution < -0.4 is 4.74 Å². The molecule has 0 saturated carbocycles. The summed E-state index contributed by atoms with van der Waals surface area (Å²) in [4.78, 5) is 4.56. The van der Waals surface area contributed by atoms with Crippen molar-refractivity contribution in [2.75, 3.05) is 7.11 Å². The predicted molar refractivity (Wildman–Crippen MR) is 148 cm³/mol. The Morgan fingerprint density at radius 2 is 1.65 bits per heavy atom. The fourth-order valence-corrected chi connectivity index (χ4v) is 5.49. The number of methoxy groups -OCH3 is 1. The Balaban J connectivity index is 1.59. The molecule has 0 bridgehead atoms. The molecule has 0 amide bonds. The number of nitrogens with zero attached hydrogens (tertiary/aromatic N) is 2. The molecule has 0 radical (unpaired) electrons.